The van der Waals surface area contributed by atoms with Gasteiger partial charge in [0.15, 0.2) is 5.75 Å². The first-order valence-corrected chi connectivity index (χ1v) is 10.8. The number of amides is 3. The fourth-order valence-corrected chi connectivity index (χ4v) is 3.74. The molecule has 0 saturated carbocycles. The van der Waals surface area contributed by atoms with Crippen LogP contribution in [0, 0.1) is 13.8 Å². The van der Waals surface area contributed by atoms with Gasteiger partial charge in [-0.25, -0.2) is 9.86 Å². The minimum Gasteiger partial charge on any atom is -0.378 e. The smallest absolute Gasteiger partial charge is 0.378 e. The first-order chi connectivity index (χ1) is 15.9. The van der Waals surface area contributed by atoms with Crippen molar-refractivity contribution in [3.63, 3.8) is 0 Å². The van der Waals surface area contributed by atoms with Crippen molar-refractivity contribution < 1.29 is 27.6 Å². The molecule has 1 heterocycles. The molecule has 0 atom stereocenters. The third kappa shape index (κ3) is 5.97. The van der Waals surface area contributed by atoms with Crippen LogP contribution in [0.2, 0.25) is 10.0 Å². The average molecular weight is 535 g/mol. The number of halogens is 6. The van der Waals surface area contributed by atoms with Crippen molar-refractivity contribution in [1.82, 2.24) is 10.4 Å². The number of hydroxylamine groups is 2. The molecule has 0 saturated heterocycles. The van der Waals surface area contributed by atoms with E-state index in [-0.39, 0.29) is 38.6 Å². The molecule has 3 rings (SSSR count). The Morgan fingerprint density at radius 3 is 2.44 bits per heavy atom. The number of carbonyl (C=O) groups is 2. The van der Waals surface area contributed by atoms with E-state index in [1.54, 1.807) is 26.0 Å². The number of urea groups is 1. The van der Waals surface area contributed by atoms with Gasteiger partial charge in [0, 0.05) is 10.7 Å². The molecule has 3 amide bonds. The van der Waals surface area contributed by atoms with Gasteiger partial charge in [-0.3, -0.25) is 10.1 Å². The van der Waals surface area contributed by atoms with Gasteiger partial charge in [0.05, 0.1) is 33.9 Å². The molecule has 0 radical (unpaired) electrons. The maximum absolute atomic E-state index is 13.1. The van der Waals surface area contributed by atoms with Crippen molar-refractivity contribution in [3.05, 3.63) is 79.9 Å². The number of imide groups is 1. The predicted octanol–water partition coefficient (Wildman–Crippen LogP) is 6.75. The number of nitrogens with zero attached hydrogens (tertiary/aromatic N) is 1. The van der Waals surface area contributed by atoms with Gasteiger partial charge in [0.2, 0.25) is 0 Å². The lowest BCUT2D eigenvalue weighted by molar-refractivity contribution is -0.0941. The second kappa shape index (κ2) is 10.2. The molecule has 2 N–H and O–H groups in total. The highest BCUT2D eigenvalue weighted by Crippen LogP contribution is 2.38. The Balaban J connectivity index is 1.77. The molecule has 1 aliphatic rings. The van der Waals surface area contributed by atoms with E-state index in [2.05, 4.69) is 10.6 Å². The van der Waals surface area contributed by atoms with E-state index in [9.17, 15) is 22.8 Å². The summed E-state index contributed by atoms with van der Waals surface area (Å²) in [6, 6.07) is 6.89. The lowest BCUT2D eigenvalue weighted by Crippen LogP contribution is -2.34. The first kappa shape index (κ1) is 25.7. The van der Waals surface area contributed by atoms with Crippen LogP contribution < -0.4 is 15.5 Å². The van der Waals surface area contributed by atoms with Crippen LogP contribution >= 0.6 is 34.8 Å². The number of anilines is 1. The Hall–Kier alpha value is -2.88. The van der Waals surface area contributed by atoms with E-state index in [0.29, 0.717) is 11.1 Å². The summed E-state index contributed by atoms with van der Waals surface area (Å²) in [7, 11) is 0. The molecular formula is C22H17Cl3F3N3O3. The summed E-state index contributed by atoms with van der Waals surface area (Å²) in [5.41, 5.74) is 0.182. The van der Waals surface area contributed by atoms with Crippen LogP contribution in [-0.2, 0) is 0 Å². The molecule has 0 unspecified atom stereocenters. The summed E-state index contributed by atoms with van der Waals surface area (Å²) in [4.78, 5) is 30.2. The predicted molar refractivity (Wildman–Crippen MR) is 124 cm³/mol. The first-order valence-electron chi connectivity index (χ1n) is 9.63. The van der Waals surface area contributed by atoms with Crippen LogP contribution in [0.25, 0.3) is 0 Å². The SMILES string of the molecule is Cc1cc(NC(=O)NC(=O)c2ccccc2Cl)c(C)c(Cl)c1ON1C=C(C(F)(F)F)C=C(Cl)C1. The average Bonchev–Trinajstić information content (AvgIpc) is 2.74. The maximum atomic E-state index is 13.1. The second-order valence-corrected chi connectivity index (χ2v) is 8.51. The van der Waals surface area contributed by atoms with Crippen LogP contribution in [0.15, 0.2) is 53.2 Å². The minimum atomic E-state index is -4.61. The molecular weight excluding hydrogens is 518 g/mol. The van der Waals surface area contributed by atoms with Gasteiger partial charge in [-0.2, -0.15) is 13.2 Å². The van der Waals surface area contributed by atoms with Crippen molar-refractivity contribution in [1.29, 1.82) is 0 Å². The molecule has 0 spiro atoms. The van der Waals surface area contributed by atoms with Crippen LogP contribution in [-0.4, -0.2) is 29.7 Å². The quantitative estimate of drug-likeness (QED) is 0.455. The number of allylic oxidation sites excluding steroid dienone is 2. The van der Waals surface area contributed by atoms with Gasteiger partial charge in [0.1, 0.15) is 0 Å². The molecule has 1 aliphatic heterocycles. The number of nitrogens with one attached hydrogen (secondary N) is 2. The molecule has 2 aromatic rings. The van der Waals surface area contributed by atoms with Gasteiger partial charge in [-0.05, 0) is 49.2 Å². The third-order valence-electron chi connectivity index (χ3n) is 4.68. The Bertz CT molecular complexity index is 1210. The summed E-state index contributed by atoms with van der Waals surface area (Å²) in [5.74, 6) is -0.618. The molecule has 0 aromatic heterocycles. The lowest BCUT2D eigenvalue weighted by atomic mass is 10.1. The van der Waals surface area contributed by atoms with Crippen molar-refractivity contribution in [2.45, 2.75) is 20.0 Å². The number of hydrogen-bond acceptors (Lipinski definition) is 4. The van der Waals surface area contributed by atoms with E-state index < -0.39 is 23.7 Å². The van der Waals surface area contributed by atoms with Crippen LogP contribution in [0.3, 0.4) is 0 Å². The largest absolute Gasteiger partial charge is 0.417 e. The zero-order valence-corrected chi connectivity index (χ0v) is 20.0. The zero-order valence-electron chi connectivity index (χ0n) is 17.7. The van der Waals surface area contributed by atoms with Crippen molar-refractivity contribution in [3.8, 4) is 5.75 Å². The van der Waals surface area contributed by atoms with Gasteiger partial charge in [-0.15, -0.1) is 0 Å². The minimum absolute atomic E-state index is 0.0559. The van der Waals surface area contributed by atoms with E-state index in [0.717, 1.165) is 17.3 Å². The highest BCUT2D eigenvalue weighted by atomic mass is 35.5. The summed E-state index contributed by atoms with van der Waals surface area (Å²) in [6.07, 6.45) is -3.02. The fourth-order valence-electron chi connectivity index (χ4n) is 3.00. The van der Waals surface area contributed by atoms with Gasteiger partial charge < -0.3 is 10.2 Å². The highest BCUT2D eigenvalue weighted by molar-refractivity contribution is 6.34. The Kier molecular flexibility index (Phi) is 7.70. The van der Waals surface area contributed by atoms with E-state index >= 15 is 0 Å². The molecule has 12 heteroatoms. The number of alkyl halides is 3. The number of benzene rings is 2. The number of rotatable bonds is 4. The molecule has 0 fully saturated rings. The topological polar surface area (TPSA) is 70.7 Å². The molecule has 2 aromatic carbocycles. The van der Waals surface area contributed by atoms with E-state index in [1.807, 2.05) is 0 Å². The second-order valence-electron chi connectivity index (χ2n) is 7.24. The molecule has 34 heavy (non-hydrogen) atoms. The highest BCUT2D eigenvalue weighted by Gasteiger charge is 2.35. The van der Waals surface area contributed by atoms with Crippen LogP contribution in [0.5, 0.6) is 5.75 Å². The Morgan fingerprint density at radius 2 is 1.79 bits per heavy atom. The number of carbonyl (C=O) groups excluding carboxylic acids is 2. The molecule has 0 aliphatic carbocycles. The molecule has 6 nitrogen and oxygen atoms in total. The Morgan fingerprint density at radius 1 is 1.12 bits per heavy atom. The number of hydrogen-bond donors (Lipinski definition) is 2. The van der Waals surface area contributed by atoms with Crippen LogP contribution in [0.4, 0.5) is 23.7 Å². The molecule has 180 valence electrons. The third-order valence-corrected chi connectivity index (χ3v) is 5.70. The summed E-state index contributed by atoms with van der Waals surface area (Å²) < 4.78 is 39.3. The zero-order chi connectivity index (χ0) is 25.2. The maximum Gasteiger partial charge on any atom is 0.417 e. The van der Waals surface area contributed by atoms with E-state index in [4.69, 9.17) is 39.6 Å². The fraction of sp³-hybridized carbons (Fsp3) is 0.182. The monoisotopic (exact) mass is 533 g/mol. The van der Waals surface area contributed by atoms with Gasteiger partial charge in [0.25, 0.3) is 5.91 Å². The van der Waals surface area contributed by atoms with Gasteiger partial charge >= 0.3 is 12.2 Å². The normalized spacial score (nSPS) is 13.7. The molecule has 0 bridgehead atoms. The standard InChI is InChI=1S/C22H17Cl3F3N3O3/c1-11-7-17(29-21(33)30-20(32)15-5-3-4-6-16(15)24)12(2)18(25)19(11)34-31-9-13(22(26,27)28)8-14(23)10-31/h3-9H,10H2,1-2H3,(H2,29,30,32,33). The van der Waals surface area contributed by atoms with Gasteiger partial charge in [-0.1, -0.05) is 46.9 Å². The summed E-state index contributed by atoms with van der Waals surface area (Å²) >= 11 is 18.2. The van der Waals surface area contributed by atoms with Crippen LogP contribution in [0.1, 0.15) is 21.5 Å². The van der Waals surface area contributed by atoms with Crippen molar-refractivity contribution in [2.75, 3.05) is 11.9 Å². The van der Waals surface area contributed by atoms with Crippen molar-refractivity contribution >= 4 is 52.4 Å². The summed E-state index contributed by atoms with van der Waals surface area (Å²) in [6.45, 7) is 3.04. The Labute approximate surface area is 207 Å². The van der Waals surface area contributed by atoms with E-state index in [1.165, 1.54) is 18.2 Å². The lowest BCUT2D eigenvalue weighted by Gasteiger charge is -2.27. The number of aryl methyl sites for hydroxylation is 1. The van der Waals surface area contributed by atoms with Crippen molar-refractivity contribution in [2.24, 2.45) is 0 Å². The summed E-state index contributed by atoms with van der Waals surface area (Å²) in [5, 5.41) is 5.77.